The molecule has 1 atom stereocenters. The van der Waals surface area contributed by atoms with Crippen LogP contribution in [0.3, 0.4) is 0 Å². The smallest absolute Gasteiger partial charge is 0.236 e. The van der Waals surface area contributed by atoms with Gasteiger partial charge in [-0.3, -0.25) is 4.79 Å². The Bertz CT molecular complexity index is 653. The molecule has 124 valence electrons. The number of fused-ring (bicyclic) bond motifs is 1. The Morgan fingerprint density at radius 3 is 3.13 bits per heavy atom. The van der Waals surface area contributed by atoms with Crippen molar-refractivity contribution >= 4 is 16.9 Å². The summed E-state index contributed by atoms with van der Waals surface area (Å²) in [6, 6.07) is 8.19. The Balaban J connectivity index is 1.59. The molecule has 1 aliphatic rings. The molecular weight excluding hydrogens is 290 g/mol. The molecule has 1 fully saturated rings. The van der Waals surface area contributed by atoms with E-state index in [2.05, 4.69) is 20.9 Å². The highest BCUT2D eigenvalue weighted by Gasteiger charge is 2.23. The molecule has 6 heteroatoms. The molecular formula is C17H25N5O. The number of hydrogen-bond acceptors (Lipinski definition) is 4. The highest BCUT2D eigenvalue weighted by molar-refractivity contribution is 5.78. The minimum atomic E-state index is 0.179. The number of carbonyl (C=O) groups is 1. The van der Waals surface area contributed by atoms with Crippen LogP contribution in [0.25, 0.3) is 11.0 Å². The zero-order chi connectivity index (χ0) is 16.1. The number of piperidine rings is 1. The summed E-state index contributed by atoms with van der Waals surface area (Å²) in [7, 11) is 0. The molecule has 1 aromatic heterocycles. The van der Waals surface area contributed by atoms with Crippen molar-refractivity contribution in [3.05, 3.63) is 30.6 Å². The van der Waals surface area contributed by atoms with Crippen LogP contribution in [-0.2, 0) is 11.3 Å². The summed E-state index contributed by atoms with van der Waals surface area (Å²) < 4.78 is 2.21. The molecule has 23 heavy (non-hydrogen) atoms. The van der Waals surface area contributed by atoms with Crippen molar-refractivity contribution in [1.82, 2.24) is 19.8 Å². The van der Waals surface area contributed by atoms with E-state index in [1.807, 2.05) is 29.4 Å². The molecule has 0 spiro atoms. The minimum Gasteiger partial charge on any atom is -0.341 e. The molecule has 1 unspecified atom stereocenters. The van der Waals surface area contributed by atoms with E-state index < -0.39 is 0 Å². The van der Waals surface area contributed by atoms with Gasteiger partial charge in [0.2, 0.25) is 5.91 Å². The van der Waals surface area contributed by atoms with E-state index in [4.69, 9.17) is 5.73 Å². The number of nitrogens with two attached hydrogens (primary N) is 1. The maximum atomic E-state index is 12.2. The number of para-hydroxylation sites is 2. The molecule has 0 saturated carbocycles. The van der Waals surface area contributed by atoms with Gasteiger partial charge in [-0.05, 0) is 30.9 Å². The number of imidazole rings is 1. The Morgan fingerprint density at radius 1 is 1.39 bits per heavy atom. The number of benzene rings is 1. The van der Waals surface area contributed by atoms with E-state index in [0.29, 0.717) is 25.6 Å². The van der Waals surface area contributed by atoms with Gasteiger partial charge in [-0.15, -0.1) is 0 Å². The number of nitrogens with one attached hydrogen (secondary N) is 1. The summed E-state index contributed by atoms with van der Waals surface area (Å²) in [5, 5.41) is 3.09. The maximum absolute atomic E-state index is 12.2. The highest BCUT2D eigenvalue weighted by atomic mass is 16.2. The van der Waals surface area contributed by atoms with Crippen LogP contribution in [0.5, 0.6) is 0 Å². The van der Waals surface area contributed by atoms with Gasteiger partial charge < -0.3 is 20.5 Å². The molecule has 0 aliphatic carbocycles. The SMILES string of the molecule is NCCNCC(=O)N1CCCC(Cn2cnc3ccccc32)C1. The third-order valence-electron chi connectivity index (χ3n) is 4.45. The van der Waals surface area contributed by atoms with Crippen molar-refractivity contribution < 1.29 is 4.79 Å². The largest absolute Gasteiger partial charge is 0.341 e. The zero-order valence-corrected chi connectivity index (χ0v) is 13.4. The van der Waals surface area contributed by atoms with Crippen molar-refractivity contribution in [2.24, 2.45) is 11.7 Å². The van der Waals surface area contributed by atoms with Gasteiger partial charge >= 0.3 is 0 Å². The molecule has 1 amide bonds. The first-order chi connectivity index (χ1) is 11.3. The fourth-order valence-electron chi connectivity index (χ4n) is 3.28. The molecule has 2 aromatic rings. The first kappa shape index (κ1) is 16.0. The van der Waals surface area contributed by atoms with Gasteiger partial charge in [0.1, 0.15) is 0 Å². The van der Waals surface area contributed by atoms with Crippen LogP contribution in [0.1, 0.15) is 12.8 Å². The number of rotatable bonds is 6. The summed E-state index contributed by atoms with van der Waals surface area (Å²) in [4.78, 5) is 18.7. The summed E-state index contributed by atoms with van der Waals surface area (Å²) in [6.45, 7) is 4.24. The van der Waals surface area contributed by atoms with Crippen molar-refractivity contribution in [3.8, 4) is 0 Å². The van der Waals surface area contributed by atoms with Gasteiger partial charge in [0.25, 0.3) is 0 Å². The lowest BCUT2D eigenvalue weighted by atomic mass is 9.97. The van der Waals surface area contributed by atoms with Crippen LogP contribution < -0.4 is 11.1 Å². The van der Waals surface area contributed by atoms with E-state index in [0.717, 1.165) is 38.0 Å². The van der Waals surface area contributed by atoms with Crippen LogP contribution in [0.4, 0.5) is 0 Å². The Morgan fingerprint density at radius 2 is 2.26 bits per heavy atom. The van der Waals surface area contributed by atoms with Crippen molar-refractivity contribution in [2.75, 3.05) is 32.7 Å². The van der Waals surface area contributed by atoms with Gasteiger partial charge in [0.05, 0.1) is 23.9 Å². The van der Waals surface area contributed by atoms with Crippen molar-refractivity contribution in [2.45, 2.75) is 19.4 Å². The fourth-order valence-corrected chi connectivity index (χ4v) is 3.28. The van der Waals surface area contributed by atoms with Crippen LogP contribution in [0.2, 0.25) is 0 Å². The van der Waals surface area contributed by atoms with Crippen LogP contribution >= 0.6 is 0 Å². The molecule has 1 saturated heterocycles. The lowest BCUT2D eigenvalue weighted by molar-refractivity contribution is -0.132. The number of aromatic nitrogens is 2. The molecule has 0 bridgehead atoms. The number of hydrogen-bond donors (Lipinski definition) is 2. The number of nitrogens with zero attached hydrogens (tertiary/aromatic N) is 3. The predicted molar refractivity (Wildman–Crippen MR) is 91.0 cm³/mol. The molecule has 0 radical (unpaired) electrons. The summed E-state index contributed by atoms with van der Waals surface area (Å²) >= 11 is 0. The van der Waals surface area contributed by atoms with E-state index in [-0.39, 0.29) is 5.91 Å². The quantitative estimate of drug-likeness (QED) is 0.774. The summed E-state index contributed by atoms with van der Waals surface area (Å²) in [5.41, 5.74) is 7.64. The molecule has 2 heterocycles. The first-order valence-electron chi connectivity index (χ1n) is 8.36. The lowest BCUT2D eigenvalue weighted by Crippen LogP contribution is -2.45. The Kier molecular flexibility index (Phi) is 5.25. The minimum absolute atomic E-state index is 0.179. The van der Waals surface area contributed by atoms with E-state index in [1.54, 1.807) is 0 Å². The van der Waals surface area contributed by atoms with E-state index in [1.165, 1.54) is 5.52 Å². The molecule has 3 N–H and O–H groups in total. The second-order valence-corrected chi connectivity index (χ2v) is 6.20. The number of amides is 1. The average Bonchev–Trinajstić information content (AvgIpc) is 2.98. The van der Waals surface area contributed by atoms with Gasteiger partial charge in [0.15, 0.2) is 0 Å². The third-order valence-corrected chi connectivity index (χ3v) is 4.45. The number of carbonyl (C=O) groups excluding carboxylic acids is 1. The predicted octanol–water partition coefficient (Wildman–Crippen LogP) is 0.823. The molecule has 3 rings (SSSR count). The van der Waals surface area contributed by atoms with Crippen molar-refractivity contribution in [3.63, 3.8) is 0 Å². The molecule has 1 aliphatic heterocycles. The second kappa shape index (κ2) is 7.57. The van der Waals surface area contributed by atoms with E-state index >= 15 is 0 Å². The second-order valence-electron chi connectivity index (χ2n) is 6.20. The molecule has 6 nitrogen and oxygen atoms in total. The fraction of sp³-hybridized carbons (Fsp3) is 0.529. The van der Waals surface area contributed by atoms with Crippen LogP contribution in [-0.4, -0.2) is 53.1 Å². The van der Waals surface area contributed by atoms with Gasteiger partial charge in [-0.1, -0.05) is 12.1 Å². The highest BCUT2D eigenvalue weighted by Crippen LogP contribution is 2.21. The lowest BCUT2D eigenvalue weighted by Gasteiger charge is -2.33. The topological polar surface area (TPSA) is 76.2 Å². The normalized spacial score (nSPS) is 18.5. The Hall–Kier alpha value is -1.92. The van der Waals surface area contributed by atoms with Gasteiger partial charge in [-0.2, -0.15) is 0 Å². The average molecular weight is 315 g/mol. The number of likely N-dealkylation sites (tertiary alicyclic amines) is 1. The van der Waals surface area contributed by atoms with Gasteiger partial charge in [-0.25, -0.2) is 4.98 Å². The van der Waals surface area contributed by atoms with Gasteiger partial charge in [0, 0.05) is 32.7 Å². The van der Waals surface area contributed by atoms with E-state index in [9.17, 15) is 4.79 Å². The summed E-state index contributed by atoms with van der Waals surface area (Å²) in [6.07, 6.45) is 4.14. The van der Waals surface area contributed by atoms with Crippen LogP contribution in [0.15, 0.2) is 30.6 Å². The van der Waals surface area contributed by atoms with Crippen LogP contribution in [0, 0.1) is 5.92 Å². The monoisotopic (exact) mass is 315 g/mol. The van der Waals surface area contributed by atoms with Crippen molar-refractivity contribution in [1.29, 1.82) is 0 Å². The standard InChI is InChI=1S/C17H25N5O/c18-7-8-19-10-17(23)21-9-3-4-14(11-21)12-22-13-20-15-5-1-2-6-16(15)22/h1-2,5-6,13-14,19H,3-4,7-12,18H2. The maximum Gasteiger partial charge on any atom is 0.236 e. The first-order valence-corrected chi connectivity index (χ1v) is 8.36. The third kappa shape index (κ3) is 3.89. The molecule has 1 aromatic carbocycles. The zero-order valence-electron chi connectivity index (χ0n) is 13.4. The summed E-state index contributed by atoms with van der Waals surface area (Å²) in [5.74, 6) is 0.665. The Labute approximate surface area is 136 Å².